The minimum atomic E-state index is -1.39. The van der Waals surface area contributed by atoms with Crippen molar-refractivity contribution in [2.75, 3.05) is 32.6 Å². The van der Waals surface area contributed by atoms with Crippen LogP contribution < -0.4 is 10.6 Å². The predicted molar refractivity (Wildman–Crippen MR) is 132 cm³/mol. The molecule has 5 N–H and O–H groups in total. The summed E-state index contributed by atoms with van der Waals surface area (Å²) in [6, 6.07) is 2.61. The lowest BCUT2D eigenvalue weighted by molar-refractivity contribution is -0.151. The predicted octanol–water partition coefficient (Wildman–Crippen LogP) is 1.30. The summed E-state index contributed by atoms with van der Waals surface area (Å²) in [5.74, 6) is -3.22. The van der Waals surface area contributed by atoms with E-state index >= 15 is 0 Å². The number of methoxy groups -OCH3 is 1. The van der Waals surface area contributed by atoms with Crippen LogP contribution in [0.5, 0.6) is 0 Å². The molecular weight excluding hydrogens is 487 g/mol. The Hall–Kier alpha value is -4.03. The molecule has 0 radical (unpaired) electrons. The first-order valence-corrected chi connectivity index (χ1v) is 11.4. The van der Waals surface area contributed by atoms with Gasteiger partial charge in [-0.3, -0.25) is 14.4 Å². The number of rotatable bonds is 10. The number of aromatic nitrogens is 1. The van der Waals surface area contributed by atoms with E-state index < -0.39 is 42.4 Å². The average Bonchev–Trinajstić information content (AvgIpc) is 3.30. The fraction of sp³-hybridized carbons (Fsp3) is 0.360. The molecule has 1 aliphatic heterocycles. The van der Waals surface area contributed by atoms with E-state index in [0.29, 0.717) is 33.8 Å². The number of likely N-dealkylation sites (N-methyl/N-ethyl adjacent to an activating group) is 1. The molecule has 2 atom stereocenters. The standard InChI is InChI=1S/C25H29FN4O7/c1-12-19(9-17-16-7-14(26)5-6-18(16)29-23(17)33)28-13(2)22(12)24(34)27-10-15(37-4)8-21(32)30(3)20(11-31)25(35)36/h5-7,9,15,20,28,31H,8,10-11H2,1-4H3,(H,27,34)(H,29,33)(H,35,36)/b17-9-. The van der Waals surface area contributed by atoms with E-state index in [1.165, 1.54) is 32.4 Å². The Bertz CT molecular complexity index is 1270. The summed E-state index contributed by atoms with van der Waals surface area (Å²) in [5.41, 5.74) is 3.13. The van der Waals surface area contributed by atoms with Gasteiger partial charge in [0.1, 0.15) is 5.82 Å². The first-order chi connectivity index (χ1) is 17.5. The molecule has 0 saturated carbocycles. The Labute approximate surface area is 212 Å². The fourth-order valence-corrected chi connectivity index (χ4v) is 4.12. The number of benzene rings is 1. The second kappa shape index (κ2) is 11.4. The third kappa shape index (κ3) is 5.87. The number of aryl methyl sites for hydroxylation is 1. The lowest BCUT2D eigenvalue weighted by atomic mass is 10.0. The molecule has 37 heavy (non-hydrogen) atoms. The molecule has 2 unspecified atom stereocenters. The van der Waals surface area contributed by atoms with Crippen LogP contribution in [0.25, 0.3) is 11.6 Å². The van der Waals surface area contributed by atoms with Crippen LogP contribution in [0.3, 0.4) is 0 Å². The van der Waals surface area contributed by atoms with Crippen molar-refractivity contribution in [1.29, 1.82) is 0 Å². The number of aromatic amines is 1. The van der Waals surface area contributed by atoms with E-state index in [2.05, 4.69) is 15.6 Å². The van der Waals surface area contributed by atoms with Gasteiger partial charge < -0.3 is 35.5 Å². The van der Waals surface area contributed by atoms with Crippen molar-refractivity contribution in [1.82, 2.24) is 15.2 Å². The smallest absolute Gasteiger partial charge is 0.328 e. The van der Waals surface area contributed by atoms with Gasteiger partial charge in [-0.2, -0.15) is 0 Å². The number of ether oxygens (including phenoxy) is 1. The number of carbonyl (C=O) groups excluding carboxylic acids is 3. The number of aliphatic hydroxyl groups is 1. The van der Waals surface area contributed by atoms with Crippen molar-refractivity contribution < 1.29 is 38.5 Å². The maximum Gasteiger partial charge on any atom is 0.328 e. The Balaban J connectivity index is 1.73. The molecular formula is C25H29FN4O7. The second-order valence-corrected chi connectivity index (χ2v) is 8.68. The average molecular weight is 517 g/mol. The summed E-state index contributed by atoms with van der Waals surface area (Å²) in [4.78, 5) is 53.0. The molecule has 3 rings (SSSR count). The number of fused-ring (bicyclic) bond motifs is 1. The van der Waals surface area contributed by atoms with E-state index in [4.69, 9.17) is 9.84 Å². The molecule has 1 aliphatic rings. The maximum absolute atomic E-state index is 13.8. The topological polar surface area (TPSA) is 161 Å². The number of hydrogen-bond acceptors (Lipinski definition) is 6. The first kappa shape index (κ1) is 27.6. The van der Waals surface area contributed by atoms with E-state index in [-0.39, 0.29) is 24.4 Å². The number of nitrogens with zero attached hydrogens (tertiary/aromatic N) is 1. The van der Waals surface area contributed by atoms with Crippen molar-refractivity contribution in [2.45, 2.75) is 32.4 Å². The van der Waals surface area contributed by atoms with E-state index in [1.807, 2.05) is 0 Å². The Morgan fingerprint density at radius 3 is 2.59 bits per heavy atom. The zero-order valence-corrected chi connectivity index (χ0v) is 20.8. The third-order valence-electron chi connectivity index (χ3n) is 6.30. The van der Waals surface area contributed by atoms with E-state index in [9.17, 15) is 28.7 Å². The van der Waals surface area contributed by atoms with E-state index in [0.717, 1.165) is 4.90 Å². The SMILES string of the molecule is COC(CNC(=O)c1c(C)[nH]c(/C=C2\C(=O)Nc3ccc(F)cc32)c1C)CC(=O)N(C)C(CO)C(=O)O. The molecule has 2 heterocycles. The highest BCUT2D eigenvalue weighted by atomic mass is 19.1. The fourth-order valence-electron chi connectivity index (χ4n) is 4.12. The Morgan fingerprint density at radius 2 is 1.97 bits per heavy atom. The minimum absolute atomic E-state index is 0.0404. The summed E-state index contributed by atoms with van der Waals surface area (Å²) in [5, 5.41) is 23.7. The normalized spacial score (nSPS) is 15.2. The highest BCUT2D eigenvalue weighted by Crippen LogP contribution is 2.34. The molecule has 198 valence electrons. The summed E-state index contributed by atoms with van der Waals surface area (Å²) >= 11 is 0. The zero-order chi connectivity index (χ0) is 27.4. The second-order valence-electron chi connectivity index (χ2n) is 8.68. The van der Waals surface area contributed by atoms with Crippen molar-refractivity contribution >= 4 is 41.0 Å². The number of carbonyl (C=O) groups is 4. The van der Waals surface area contributed by atoms with Gasteiger partial charge in [-0.05, 0) is 43.7 Å². The molecule has 12 heteroatoms. The number of aliphatic carboxylic acids is 1. The van der Waals surface area contributed by atoms with Gasteiger partial charge in [-0.25, -0.2) is 9.18 Å². The lowest BCUT2D eigenvalue weighted by Gasteiger charge is -2.25. The monoisotopic (exact) mass is 516 g/mol. The first-order valence-electron chi connectivity index (χ1n) is 11.4. The number of aliphatic hydroxyl groups excluding tert-OH is 1. The van der Waals surface area contributed by atoms with Crippen molar-refractivity contribution in [3.8, 4) is 0 Å². The van der Waals surface area contributed by atoms with Crippen LogP contribution in [0.4, 0.5) is 10.1 Å². The number of anilines is 1. The van der Waals surface area contributed by atoms with Crippen LogP contribution in [0.15, 0.2) is 18.2 Å². The van der Waals surface area contributed by atoms with Gasteiger partial charge in [0, 0.05) is 43.3 Å². The molecule has 0 fully saturated rings. The summed E-state index contributed by atoms with van der Waals surface area (Å²) in [6.45, 7) is 2.62. The van der Waals surface area contributed by atoms with Crippen LogP contribution >= 0.6 is 0 Å². The molecule has 0 spiro atoms. The molecule has 1 aromatic carbocycles. The van der Waals surface area contributed by atoms with Crippen molar-refractivity contribution in [3.63, 3.8) is 0 Å². The lowest BCUT2D eigenvalue weighted by Crippen LogP contribution is -2.46. The van der Waals surface area contributed by atoms with Gasteiger partial charge in [0.25, 0.3) is 11.8 Å². The van der Waals surface area contributed by atoms with Gasteiger partial charge >= 0.3 is 5.97 Å². The number of carboxylic acid groups (broad SMARTS) is 1. The van der Waals surface area contributed by atoms with Crippen molar-refractivity contribution in [3.05, 3.63) is 52.1 Å². The number of nitrogens with one attached hydrogen (secondary N) is 3. The number of halogens is 1. The van der Waals surface area contributed by atoms with Crippen LogP contribution in [-0.2, 0) is 19.1 Å². The molecule has 0 bridgehead atoms. The number of hydrogen-bond donors (Lipinski definition) is 5. The number of H-pyrrole nitrogens is 1. The number of carboxylic acids is 1. The molecule has 0 saturated heterocycles. The van der Waals surface area contributed by atoms with E-state index in [1.54, 1.807) is 19.9 Å². The highest BCUT2D eigenvalue weighted by molar-refractivity contribution is 6.34. The summed E-state index contributed by atoms with van der Waals surface area (Å²) < 4.78 is 19.0. The Morgan fingerprint density at radius 1 is 1.27 bits per heavy atom. The van der Waals surface area contributed by atoms with Crippen molar-refractivity contribution in [2.24, 2.45) is 0 Å². The molecule has 0 aliphatic carbocycles. The third-order valence-corrected chi connectivity index (χ3v) is 6.30. The number of amides is 3. The molecule has 1 aromatic heterocycles. The van der Waals surface area contributed by atoms with Crippen LogP contribution in [0.1, 0.15) is 39.3 Å². The summed E-state index contributed by atoms with van der Waals surface area (Å²) in [7, 11) is 2.62. The molecule has 11 nitrogen and oxygen atoms in total. The quantitative estimate of drug-likeness (QED) is 0.298. The van der Waals surface area contributed by atoms with Gasteiger partial charge in [0.15, 0.2) is 6.04 Å². The van der Waals surface area contributed by atoms with Gasteiger partial charge in [-0.1, -0.05) is 0 Å². The highest BCUT2D eigenvalue weighted by Gasteiger charge is 2.29. The minimum Gasteiger partial charge on any atom is -0.480 e. The van der Waals surface area contributed by atoms with Crippen LogP contribution in [0, 0.1) is 19.7 Å². The Kier molecular flexibility index (Phi) is 8.46. The molecule has 2 aromatic rings. The van der Waals surface area contributed by atoms with Gasteiger partial charge in [0.05, 0.1) is 30.3 Å². The van der Waals surface area contributed by atoms with Crippen LogP contribution in [0.2, 0.25) is 0 Å². The largest absolute Gasteiger partial charge is 0.480 e. The van der Waals surface area contributed by atoms with Gasteiger partial charge in [0.2, 0.25) is 5.91 Å². The summed E-state index contributed by atoms with van der Waals surface area (Å²) in [6.07, 6.45) is 0.596. The van der Waals surface area contributed by atoms with Crippen LogP contribution in [-0.4, -0.2) is 83.2 Å². The van der Waals surface area contributed by atoms with Gasteiger partial charge in [-0.15, -0.1) is 0 Å². The maximum atomic E-state index is 13.8. The molecule has 3 amide bonds. The zero-order valence-electron chi connectivity index (χ0n) is 20.8.